The average molecular weight is 278 g/mol. The smallest absolute Gasteiger partial charge is 0.131 e. The molecule has 0 saturated carbocycles. The van der Waals surface area contributed by atoms with Crippen LogP contribution in [-0.2, 0) is 6.54 Å². The molecule has 3 heteroatoms. The lowest BCUT2D eigenvalue weighted by Gasteiger charge is -2.10. The molecule has 0 radical (unpaired) electrons. The van der Waals surface area contributed by atoms with Crippen LogP contribution in [0.15, 0.2) is 36.4 Å². The first kappa shape index (κ1) is 14.0. The Balaban J connectivity index is 2.42. The summed E-state index contributed by atoms with van der Waals surface area (Å²) in [5, 5.41) is 3.94. The molecule has 0 aromatic heterocycles. The summed E-state index contributed by atoms with van der Waals surface area (Å²) < 4.78 is 13.9. The van der Waals surface area contributed by atoms with E-state index in [1.807, 2.05) is 38.1 Å². The highest BCUT2D eigenvalue weighted by atomic mass is 35.5. The fourth-order valence-electron chi connectivity index (χ4n) is 2.00. The van der Waals surface area contributed by atoms with Crippen LogP contribution in [0.1, 0.15) is 18.1 Å². The summed E-state index contributed by atoms with van der Waals surface area (Å²) in [5.41, 5.74) is 3.51. The second kappa shape index (κ2) is 6.18. The fraction of sp³-hybridized carbons (Fsp3) is 0.250. The van der Waals surface area contributed by atoms with Crippen LogP contribution in [0.3, 0.4) is 0 Å². The fourth-order valence-corrected chi connectivity index (χ4v) is 2.18. The Morgan fingerprint density at radius 2 is 1.95 bits per heavy atom. The third kappa shape index (κ3) is 3.34. The predicted molar refractivity (Wildman–Crippen MR) is 79.0 cm³/mol. The van der Waals surface area contributed by atoms with Gasteiger partial charge in [-0.25, -0.2) is 4.39 Å². The van der Waals surface area contributed by atoms with Crippen molar-refractivity contribution < 1.29 is 4.39 Å². The topological polar surface area (TPSA) is 12.0 Å². The Kier molecular flexibility index (Phi) is 4.56. The van der Waals surface area contributed by atoms with Gasteiger partial charge in [0.2, 0.25) is 0 Å². The molecule has 2 aromatic rings. The van der Waals surface area contributed by atoms with Gasteiger partial charge in [0.25, 0.3) is 0 Å². The first-order valence-electron chi connectivity index (χ1n) is 6.37. The molecule has 19 heavy (non-hydrogen) atoms. The minimum absolute atomic E-state index is 0.206. The van der Waals surface area contributed by atoms with Crippen molar-refractivity contribution in [1.82, 2.24) is 5.32 Å². The second-order valence-electron chi connectivity index (χ2n) is 4.57. The van der Waals surface area contributed by atoms with Crippen LogP contribution in [0.4, 0.5) is 4.39 Å². The molecule has 1 N–H and O–H groups in total. The van der Waals surface area contributed by atoms with E-state index in [4.69, 9.17) is 11.6 Å². The summed E-state index contributed by atoms with van der Waals surface area (Å²) in [6, 6.07) is 10.8. The number of aryl methyl sites for hydroxylation is 1. The lowest BCUT2D eigenvalue weighted by Crippen LogP contribution is -2.12. The SMILES string of the molecule is CCNCc1cc(-c2cc(C)ccc2F)ccc1Cl. The van der Waals surface area contributed by atoms with Gasteiger partial charge >= 0.3 is 0 Å². The first-order valence-corrected chi connectivity index (χ1v) is 6.75. The van der Waals surface area contributed by atoms with Gasteiger partial charge in [0, 0.05) is 17.1 Å². The van der Waals surface area contributed by atoms with Gasteiger partial charge in [0.1, 0.15) is 5.82 Å². The van der Waals surface area contributed by atoms with Crippen molar-refractivity contribution in [3.63, 3.8) is 0 Å². The van der Waals surface area contributed by atoms with Gasteiger partial charge < -0.3 is 5.32 Å². The third-order valence-corrected chi connectivity index (χ3v) is 3.41. The molecule has 2 rings (SSSR count). The molecular weight excluding hydrogens is 261 g/mol. The van der Waals surface area contributed by atoms with Gasteiger partial charge in [-0.1, -0.05) is 36.2 Å². The van der Waals surface area contributed by atoms with Crippen molar-refractivity contribution >= 4 is 11.6 Å². The molecule has 2 aromatic carbocycles. The van der Waals surface area contributed by atoms with E-state index in [0.29, 0.717) is 17.1 Å². The zero-order valence-electron chi connectivity index (χ0n) is 11.1. The Morgan fingerprint density at radius 1 is 1.16 bits per heavy atom. The molecule has 0 spiro atoms. The zero-order valence-corrected chi connectivity index (χ0v) is 11.9. The van der Waals surface area contributed by atoms with Crippen LogP contribution >= 0.6 is 11.6 Å². The van der Waals surface area contributed by atoms with Crippen LogP contribution in [0.2, 0.25) is 5.02 Å². The minimum Gasteiger partial charge on any atom is -0.313 e. The molecule has 0 heterocycles. The summed E-state index contributed by atoms with van der Waals surface area (Å²) >= 11 is 6.16. The van der Waals surface area contributed by atoms with Gasteiger partial charge in [0.05, 0.1) is 0 Å². The molecule has 0 atom stereocenters. The molecule has 0 aliphatic rings. The molecular formula is C16H17ClFN. The number of nitrogens with one attached hydrogen (secondary N) is 1. The quantitative estimate of drug-likeness (QED) is 0.864. The Bertz CT molecular complexity index is 581. The van der Waals surface area contributed by atoms with E-state index in [1.54, 1.807) is 6.07 Å². The highest BCUT2D eigenvalue weighted by Crippen LogP contribution is 2.28. The summed E-state index contributed by atoms with van der Waals surface area (Å²) in [6.45, 7) is 5.56. The molecule has 0 aliphatic heterocycles. The van der Waals surface area contributed by atoms with Gasteiger partial charge in [-0.15, -0.1) is 0 Å². The normalized spacial score (nSPS) is 10.7. The molecule has 0 fully saturated rings. The molecule has 0 saturated heterocycles. The number of hydrogen-bond donors (Lipinski definition) is 1. The lowest BCUT2D eigenvalue weighted by molar-refractivity contribution is 0.631. The Hall–Kier alpha value is -1.38. The number of benzene rings is 2. The molecule has 0 bridgehead atoms. The number of halogens is 2. The van der Waals surface area contributed by atoms with Crippen LogP contribution in [0, 0.1) is 12.7 Å². The van der Waals surface area contributed by atoms with Gasteiger partial charge in [-0.3, -0.25) is 0 Å². The van der Waals surface area contributed by atoms with Crippen LogP contribution < -0.4 is 5.32 Å². The van der Waals surface area contributed by atoms with Crippen molar-refractivity contribution in [3.05, 3.63) is 58.4 Å². The minimum atomic E-state index is -0.206. The molecule has 0 amide bonds. The molecule has 100 valence electrons. The van der Waals surface area contributed by atoms with E-state index < -0.39 is 0 Å². The molecule has 1 nitrogen and oxygen atoms in total. The van der Waals surface area contributed by atoms with Gasteiger partial charge in [-0.05, 0) is 48.9 Å². The predicted octanol–water partition coefficient (Wildman–Crippen LogP) is 4.56. The molecule has 0 unspecified atom stereocenters. The monoisotopic (exact) mass is 277 g/mol. The lowest BCUT2D eigenvalue weighted by atomic mass is 10.0. The standard InChI is InChI=1S/C16H17ClFN/c1-3-19-10-13-9-12(5-6-15(13)17)14-8-11(2)4-7-16(14)18/h4-9,19H,3,10H2,1-2H3. The van der Waals surface area contributed by atoms with E-state index in [0.717, 1.165) is 23.2 Å². The van der Waals surface area contributed by atoms with Crippen molar-refractivity contribution in [2.24, 2.45) is 0 Å². The summed E-state index contributed by atoms with van der Waals surface area (Å²) in [6.07, 6.45) is 0. The van der Waals surface area contributed by atoms with Gasteiger partial charge in [0.15, 0.2) is 0 Å². The van der Waals surface area contributed by atoms with E-state index in [1.165, 1.54) is 6.07 Å². The van der Waals surface area contributed by atoms with E-state index >= 15 is 0 Å². The van der Waals surface area contributed by atoms with Gasteiger partial charge in [-0.2, -0.15) is 0 Å². The first-order chi connectivity index (χ1) is 9.11. The van der Waals surface area contributed by atoms with Crippen LogP contribution in [-0.4, -0.2) is 6.54 Å². The number of hydrogen-bond acceptors (Lipinski definition) is 1. The average Bonchev–Trinajstić information content (AvgIpc) is 2.41. The molecule has 0 aliphatic carbocycles. The van der Waals surface area contributed by atoms with Crippen molar-refractivity contribution in [3.8, 4) is 11.1 Å². The van der Waals surface area contributed by atoms with E-state index in [9.17, 15) is 4.39 Å². The second-order valence-corrected chi connectivity index (χ2v) is 4.98. The highest BCUT2D eigenvalue weighted by Gasteiger charge is 2.08. The Labute approximate surface area is 118 Å². The third-order valence-electron chi connectivity index (χ3n) is 3.04. The number of rotatable bonds is 4. The van der Waals surface area contributed by atoms with Crippen LogP contribution in [0.25, 0.3) is 11.1 Å². The van der Waals surface area contributed by atoms with Crippen LogP contribution in [0.5, 0.6) is 0 Å². The summed E-state index contributed by atoms with van der Waals surface area (Å²) in [5.74, 6) is -0.206. The Morgan fingerprint density at radius 3 is 2.68 bits per heavy atom. The largest absolute Gasteiger partial charge is 0.313 e. The zero-order chi connectivity index (χ0) is 13.8. The highest BCUT2D eigenvalue weighted by molar-refractivity contribution is 6.31. The maximum atomic E-state index is 13.9. The van der Waals surface area contributed by atoms with Crippen molar-refractivity contribution in [1.29, 1.82) is 0 Å². The summed E-state index contributed by atoms with van der Waals surface area (Å²) in [4.78, 5) is 0. The van der Waals surface area contributed by atoms with Crippen molar-refractivity contribution in [2.45, 2.75) is 20.4 Å². The van der Waals surface area contributed by atoms with E-state index in [-0.39, 0.29) is 5.82 Å². The van der Waals surface area contributed by atoms with E-state index in [2.05, 4.69) is 5.32 Å². The maximum absolute atomic E-state index is 13.9. The summed E-state index contributed by atoms with van der Waals surface area (Å²) in [7, 11) is 0. The maximum Gasteiger partial charge on any atom is 0.131 e. The van der Waals surface area contributed by atoms with Crippen molar-refractivity contribution in [2.75, 3.05) is 6.54 Å².